The molecule has 1 aromatic carbocycles. The Balaban J connectivity index is 0.00000392. The van der Waals surface area contributed by atoms with Crippen molar-refractivity contribution in [1.29, 1.82) is 0 Å². The predicted molar refractivity (Wildman–Crippen MR) is 128 cm³/mol. The predicted octanol–water partition coefficient (Wildman–Crippen LogP) is 2.06. The summed E-state index contributed by atoms with van der Waals surface area (Å²) in [4.78, 5) is 9.16. The number of hydrogen-bond acceptors (Lipinski definition) is 4. The summed E-state index contributed by atoms with van der Waals surface area (Å²) < 4.78 is 26.1. The molecule has 7 nitrogen and oxygen atoms in total. The first-order valence-corrected chi connectivity index (χ1v) is 11.4. The molecule has 0 aliphatic carbocycles. The van der Waals surface area contributed by atoms with E-state index in [1.54, 1.807) is 0 Å². The fourth-order valence-electron chi connectivity index (χ4n) is 3.25. The van der Waals surface area contributed by atoms with E-state index in [-0.39, 0.29) is 36.3 Å². The second-order valence-electron chi connectivity index (χ2n) is 6.45. The molecule has 0 amide bonds. The zero-order valence-electron chi connectivity index (χ0n) is 17.2. The van der Waals surface area contributed by atoms with E-state index in [1.165, 1.54) is 9.99 Å². The summed E-state index contributed by atoms with van der Waals surface area (Å²) in [6, 6.07) is 10.4. The van der Waals surface area contributed by atoms with Gasteiger partial charge in [0.15, 0.2) is 5.96 Å². The van der Waals surface area contributed by atoms with E-state index in [9.17, 15) is 8.42 Å². The Morgan fingerprint density at radius 3 is 2.21 bits per heavy atom. The SMILES string of the molecule is CCNC(=NCCS(=O)(=O)N(CC)CC)N1CCN(c2ccccc2)CC1.I. The van der Waals surface area contributed by atoms with Crippen molar-refractivity contribution in [3.8, 4) is 0 Å². The van der Waals surface area contributed by atoms with E-state index in [2.05, 4.69) is 44.4 Å². The number of piperazine rings is 1. The Kier molecular flexibility index (Phi) is 11.1. The van der Waals surface area contributed by atoms with Crippen LogP contribution in [0, 0.1) is 0 Å². The zero-order valence-corrected chi connectivity index (χ0v) is 20.3. The van der Waals surface area contributed by atoms with Crippen LogP contribution in [0.3, 0.4) is 0 Å². The minimum Gasteiger partial charge on any atom is -0.368 e. The van der Waals surface area contributed by atoms with E-state index in [1.807, 2.05) is 26.8 Å². The van der Waals surface area contributed by atoms with Crippen LogP contribution in [0.5, 0.6) is 0 Å². The summed E-state index contributed by atoms with van der Waals surface area (Å²) in [5.41, 5.74) is 1.24. The molecule has 0 spiro atoms. The average molecular weight is 523 g/mol. The smallest absolute Gasteiger partial charge is 0.215 e. The number of guanidine groups is 1. The maximum absolute atomic E-state index is 12.3. The molecule has 0 unspecified atom stereocenters. The molecule has 28 heavy (non-hydrogen) atoms. The third-order valence-electron chi connectivity index (χ3n) is 4.75. The Morgan fingerprint density at radius 1 is 1.07 bits per heavy atom. The van der Waals surface area contributed by atoms with Crippen molar-refractivity contribution in [1.82, 2.24) is 14.5 Å². The fraction of sp³-hybridized carbons (Fsp3) is 0.632. The quantitative estimate of drug-likeness (QED) is 0.321. The molecule has 0 saturated carbocycles. The lowest BCUT2D eigenvalue weighted by Crippen LogP contribution is -2.52. The highest BCUT2D eigenvalue weighted by molar-refractivity contribution is 14.0. The van der Waals surface area contributed by atoms with Crippen LogP contribution in [0.4, 0.5) is 5.69 Å². The van der Waals surface area contributed by atoms with Crippen molar-refractivity contribution < 1.29 is 8.42 Å². The highest BCUT2D eigenvalue weighted by Gasteiger charge is 2.21. The van der Waals surface area contributed by atoms with Crippen molar-refractivity contribution >= 4 is 45.6 Å². The summed E-state index contributed by atoms with van der Waals surface area (Å²) >= 11 is 0. The summed E-state index contributed by atoms with van der Waals surface area (Å²) in [6.45, 7) is 11.4. The van der Waals surface area contributed by atoms with Crippen molar-refractivity contribution in [2.75, 3.05) is 63.0 Å². The number of aliphatic imine (C=N–C) groups is 1. The molecule has 1 aliphatic heterocycles. The summed E-state index contributed by atoms with van der Waals surface area (Å²) in [5.74, 6) is 0.855. The minimum atomic E-state index is -3.24. The lowest BCUT2D eigenvalue weighted by molar-refractivity contribution is 0.373. The lowest BCUT2D eigenvalue weighted by atomic mass is 10.2. The van der Waals surface area contributed by atoms with Crippen molar-refractivity contribution in [2.24, 2.45) is 4.99 Å². The largest absolute Gasteiger partial charge is 0.368 e. The number of benzene rings is 1. The first-order valence-electron chi connectivity index (χ1n) is 9.82. The average Bonchev–Trinajstić information content (AvgIpc) is 2.69. The molecular weight excluding hydrogens is 489 g/mol. The van der Waals surface area contributed by atoms with Crippen LogP contribution in [-0.2, 0) is 10.0 Å². The van der Waals surface area contributed by atoms with Gasteiger partial charge in [-0.2, -0.15) is 0 Å². The Labute approximate surface area is 187 Å². The highest BCUT2D eigenvalue weighted by Crippen LogP contribution is 2.15. The first kappa shape index (κ1) is 25.0. The van der Waals surface area contributed by atoms with Crippen molar-refractivity contribution in [3.63, 3.8) is 0 Å². The molecular formula is C19H34IN5O2S. The fourth-order valence-corrected chi connectivity index (χ4v) is 4.62. The van der Waals surface area contributed by atoms with Crippen LogP contribution in [0.1, 0.15) is 20.8 Å². The molecule has 1 saturated heterocycles. The van der Waals surface area contributed by atoms with Gasteiger partial charge in [0.2, 0.25) is 10.0 Å². The van der Waals surface area contributed by atoms with Gasteiger partial charge in [-0.3, -0.25) is 4.99 Å². The van der Waals surface area contributed by atoms with Gasteiger partial charge >= 0.3 is 0 Å². The number of anilines is 1. The monoisotopic (exact) mass is 523 g/mol. The zero-order chi connectivity index (χ0) is 19.7. The number of nitrogens with zero attached hydrogens (tertiary/aromatic N) is 4. The summed E-state index contributed by atoms with van der Waals surface area (Å²) in [6.07, 6.45) is 0. The van der Waals surface area contributed by atoms with Gasteiger partial charge in [-0.1, -0.05) is 32.0 Å². The molecule has 9 heteroatoms. The third kappa shape index (κ3) is 7.07. The number of hydrogen-bond donors (Lipinski definition) is 1. The molecule has 2 rings (SSSR count). The second-order valence-corrected chi connectivity index (χ2v) is 8.53. The molecule has 1 fully saturated rings. The van der Waals surface area contributed by atoms with Crippen molar-refractivity contribution in [3.05, 3.63) is 30.3 Å². The Bertz CT molecular complexity index is 688. The number of halogens is 1. The van der Waals surface area contributed by atoms with E-state index >= 15 is 0 Å². The second kappa shape index (κ2) is 12.5. The van der Waals surface area contributed by atoms with E-state index in [0.29, 0.717) is 13.1 Å². The summed E-state index contributed by atoms with van der Waals surface area (Å²) in [7, 11) is -3.24. The van der Waals surface area contributed by atoms with Crippen LogP contribution in [-0.4, -0.2) is 81.7 Å². The normalized spacial score (nSPS) is 15.5. The van der Waals surface area contributed by atoms with Crippen LogP contribution in [0.2, 0.25) is 0 Å². The van der Waals surface area contributed by atoms with Gasteiger partial charge in [0.05, 0.1) is 12.3 Å². The van der Waals surface area contributed by atoms with Crippen LogP contribution in [0.25, 0.3) is 0 Å². The van der Waals surface area contributed by atoms with E-state index in [0.717, 1.165) is 38.7 Å². The van der Waals surface area contributed by atoms with Gasteiger partial charge in [-0.25, -0.2) is 12.7 Å². The maximum Gasteiger partial charge on any atom is 0.215 e. The molecule has 0 aromatic heterocycles. The molecule has 0 atom stereocenters. The van der Waals surface area contributed by atoms with Crippen LogP contribution < -0.4 is 10.2 Å². The molecule has 1 aliphatic rings. The Hall–Kier alpha value is -1.07. The van der Waals surface area contributed by atoms with Gasteiger partial charge in [-0.15, -0.1) is 24.0 Å². The number of sulfonamides is 1. The standard InChI is InChI=1S/C19H33N5O2S.HI/c1-4-20-19(21-12-17-27(25,26)24(5-2)6-3)23-15-13-22(14-16-23)18-10-8-7-9-11-18;/h7-11H,4-6,12-17H2,1-3H3,(H,20,21);1H. The number of para-hydroxylation sites is 1. The molecule has 1 aromatic rings. The summed E-state index contributed by atoms with van der Waals surface area (Å²) in [5, 5.41) is 3.30. The van der Waals surface area contributed by atoms with Crippen LogP contribution in [0.15, 0.2) is 35.3 Å². The molecule has 0 radical (unpaired) electrons. The molecule has 1 N–H and O–H groups in total. The van der Waals surface area contributed by atoms with Gasteiger partial charge in [0.25, 0.3) is 0 Å². The lowest BCUT2D eigenvalue weighted by Gasteiger charge is -2.37. The molecule has 1 heterocycles. The maximum atomic E-state index is 12.3. The minimum absolute atomic E-state index is 0. The van der Waals surface area contributed by atoms with E-state index < -0.39 is 10.0 Å². The molecule has 0 bridgehead atoms. The number of rotatable bonds is 8. The van der Waals surface area contributed by atoms with Gasteiger partial charge in [0, 0.05) is 51.5 Å². The topological polar surface area (TPSA) is 68.2 Å². The van der Waals surface area contributed by atoms with E-state index in [4.69, 9.17) is 0 Å². The van der Waals surface area contributed by atoms with Crippen LogP contribution >= 0.6 is 24.0 Å². The Morgan fingerprint density at radius 2 is 1.68 bits per heavy atom. The highest BCUT2D eigenvalue weighted by atomic mass is 127. The molecule has 160 valence electrons. The van der Waals surface area contributed by atoms with Gasteiger partial charge in [0.1, 0.15) is 0 Å². The van der Waals surface area contributed by atoms with Gasteiger partial charge in [-0.05, 0) is 19.1 Å². The number of nitrogens with one attached hydrogen (secondary N) is 1. The third-order valence-corrected chi connectivity index (χ3v) is 6.75. The van der Waals surface area contributed by atoms with Gasteiger partial charge < -0.3 is 15.1 Å². The first-order chi connectivity index (χ1) is 13.0. The van der Waals surface area contributed by atoms with Crippen molar-refractivity contribution in [2.45, 2.75) is 20.8 Å².